The fourth-order valence-electron chi connectivity index (χ4n) is 4.27. The van der Waals surface area contributed by atoms with E-state index in [0.29, 0.717) is 18.7 Å². The van der Waals surface area contributed by atoms with Crippen LogP contribution in [0.2, 0.25) is 0 Å². The van der Waals surface area contributed by atoms with E-state index in [9.17, 15) is 9.90 Å². The molecule has 4 rings (SSSR count). The first kappa shape index (κ1) is 16.5. The first-order valence-corrected chi connectivity index (χ1v) is 8.95. The number of aryl methyl sites for hydroxylation is 1. The Bertz CT molecular complexity index is 805. The summed E-state index contributed by atoms with van der Waals surface area (Å²) in [6.45, 7) is 3.98. The smallest absolute Gasteiger partial charge is 0.251 e. The number of ether oxygens (including phenoxy) is 1. The molecular formula is C18H24N4O3. The quantitative estimate of drug-likeness (QED) is 0.858. The van der Waals surface area contributed by atoms with Crippen molar-refractivity contribution in [3.8, 4) is 0 Å². The van der Waals surface area contributed by atoms with Gasteiger partial charge in [0.05, 0.1) is 24.3 Å². The number of rotatable bonds is 5. The summed E-state index contributed by atoms with van der Waals surface area (Å²) < 4.78 is 7.84. The maximum absolute atomic E-state index is 12.6. The first-order valence-electron chi connectivity index (χ1n) is 8.95. The maximum atomic E-state index is 12.6. The van der Waals surface area contributed by atoms with Crippen LogP contribution in [0.3, 0.4) is 0 Å². The van der Waals surface area contributed by atoms with Crippen molar-refractivity contribution in [2.45, 2.75) is 44.8 Å². The van der Waals surface area contributed by atoms with Crippen LogP contribution < -0.4 is 5.32 Å². The Morgan fingerprint density at radius 1 is 1.44 bits per heavy atom. The number of nitrogens with zero attached hydrogens (tertiary/aromatic N) is 3. The van der Waals surface area contributed by atoms with Crippen molar-refractivity contribution < 1.29 is 14.6 Å². The molecule has 7 nitrogen and oxygen atoms in total. The number of fused-ring (bicyclic) bond motifs is 3. The third kappa shape index (κ3) is 2.81. The first-order chi connectivity index (χ1) is 12.1. The van der Waals surface area contributed by atoms with Gasteiger partial charge in [0.1, 0.15) is 5.52 Å². The van der Waals surface area contributed by atoms with Crippen LogP contribution in [0.4, 0.5) is 0 Å². The SMILES string of the molecule is CCn1nnc2cc(C(=O)NCC34CCCC(CO)(CO3)C4)ccc21. The zero-order chi connectivity index (χ0) is 17.5. The van der Waals surface area contributed by atoms with Crippen LogP contribution in [-0.4, -0.2) is 51.4 Å². The number of nitrogens with one attached hydrogen (secondary N) is 1. The minimum atomic E-state index is -0.327. The zero-order valence-corrected chi connectivity index (χ0v) is 14.5. The summed E-state index contributed by atoms with van der Waals surface area (Å²) in [5, 5.41) is 20.9. The fourth-order valence-corrected chi connectivity index (χ4v) is 4.27. The van der Waals surface area contributed by atoms with Crippen LogP contribution >= 0.6 is 0 Å². The predicted octanol–water partition coefficient (Wildman–Crippen LogP) is 1.50. The number of carbonyl (C=O) groups is 1. The van der Waals surface area contributed by atoms with Gasteiger partial charge in [0.2, 0.25) is 0 Å². The number of hydrogen-bond acceptors (Lipinski definition) is 5. The van der Waals surface area contributed by atoms with Gasteiger partial charge in [0.25, 0.3) is 5.91 Å². The summed E-state index contributed by atoms with van der Waals surface area (Å²) in [7, 11) is 0. The van der Waals surface area contributed by atoms with Crippen molar-refractivity contribution in [1.29, 1.82) is 0 Å². The number of aliphatic hydroxyl groups excluding tert-OH is 1. The van der Waals surface area contributed by atoms with Gasteiger partial charge in [-0.25, -0.2) is 4.68 Å². The standard InChI is InChI=1S/C18H24N4O3/c1-2-22-15-5-4-13(8-14(15)20-21-22)16(24)19-10-18-7-3-6-17(9-18,11-23)12-25-18/h4-5,8,23H,2-3,6-7,9-12H2,1H3,(H,19,24). The predicted molar refractivity (Wildman–Crippen MR) is 92.2 cm³/mol. The number of aromatic nitrogens is 3. The number of benzene rings is 1. The molecule has 2 bridgehead atoms. The van der Waals surface area contributed by atoms with Gasteiger partial charge in [-0.05, 0) is 50.8 Å². The molecule has 2 aromatic rings. The lowest BCUT2D eigenvalue weighted by Gasteiger charge is -2.36. The van der Waals surface area contributed by atoms with E-state index in [1.165, 1.54) is 0 Å². The molecule has 2 heterocycles. The molecule has 2 atom stereocenters. The van der Waals surface area contributed by atoms with E-state index in [-0.39, 0.29) is 23.5 Å². The second-order valence-corrected chi connectivity index (χ2v) is 7.45. The molecule has 2 fully saturated rings. The van der Waals surface area contributed by atoms with Crippen molar-refractivity contribution in [3.63, 3.8) is 0 Å². The molecular weight excluding hydrogens is 320 g/mol. The molecule has 1 aromatic carbocycles. The van der Waals surface area contributed by atoms with E-state index >= 15 is 0 Å². The molecule has 1 aliphatic heterocycles. The highest BCUT2D eigenvalue weighted by Gasteiger charge is 2.52. The average Bonchev–Trinajstić information content (AvgIpc) is 3.18. The molecule has 2 aliphatic rings. The highest BCUT2D eigenvalue weighted by Crippen LogP contribution is 2.49. The van der Waals surface area contributed by atoms with Gasteiger partial charge in [-0.2, -0.15) is 0 Å². The summed E-state index contributed by atoms with van der Waals surface area (Å²) in [5.74, 6) is -0.127. The van der Waals surface area contributed by atoms with Crippen molar-refractivity contribution in [2.24, 2.45) is 5.41 Å². The highest BCUT2D eigenvalue weighted by molar-refractivity contribution is 5.97. The minimum absolute atomic E-state index is 0.111. The van der Waals surface area contributed by atoms with Gasteiger partial charge >= 0.3 is 0 Å². The Morgan fingerprint density at radius 2 is 2.32 bits per heavy atom. The molecule has 2 unspecified atom stereocenters. The van der Waals surface area contributed by atoms with E-state index in [4.69, 9.17) is 4.74 Å². The Kier molecular flexibility index (Phi) is 4.00. The van der Waals surface area contributed by atoms with E-state index < -0.39 is 0 Å². The van der Waals surface area contributed by atoms with Gasteiger partial charge in [0, 0.05) is 24.1 Å². The van der Waals surface area contributed by atoms with Gasteiger partial charge in [-0.3, -0.25) is 4.79 Å². The molecule has 7 heteroatoms. The van der Waals surface area contributed by atoms with Crippen LogP contribution in [0.15, 0.2) is 18.2 Å². The number of aliphatic hydroxyl groups is 1. The van der Waals surface area contributed by atoms with Gasteiger partial charge in [0.15, 0.2) is 0 Å². The van der Waals surface area contributed by atoms with E-state index in [0.717, 1.165) is 43.3 Å². The van der Waals surface area contributed by atoms with Crippen LogP contribution in [0.1, 0.15) is 43.0 Å². The third-order valence-electron chi connectivity index (χ3n) is 5.70. The zero-order valence-electron chi connectivity index (χ0n) is 14.5. The summed E-state index contributed by atoms with van der Waals surface area (Å²) in [4.78, 5) is 12.6. The summed E-state index contributed by atoms with van der Waals surface area (Å²) in [6, 6.07) is 5.46. The molecule has 134 valence electrons. The molecule has 1 aliphatic carbocycles. The van der Waals surface area contributed by atoms with Crippen molar-refractivity contribution in [3.05, 3.63) is 23.8 Å². The monoisotopic (exact) mass is 344 g/mol. The van der Waals surface area contributed by atoms with Crippen LogP contribution in [0.25, 0.3) is 11.0 Å². The number of carbonyl (C=O) groups excluding carboxylic acids is 1. The van der Waals surface area contributed by atoms with Crippen molar-refractivity contribution in [2.75, 3.05) is 19.8 Å². The number of hydrogen-bond donors (Lipinski definition) is 2. The maximum Gasteiger partial charge on any atom is 0.251 e. The largest absolute Gasteiger partial charge is 0.396 e. The molecule has 0 radical (unpaired) electrons. The molecule has 1 saturated carbocycles. The Labute approximate surface area is 146 Å². The third-order valence-corrected chi connectivity index (χ3v) is 5.70. The highest BCUT2D eigenvalue weighted by atomic mass is 16.5. The lowest BCUT2D eigenvalue weighted by atomic mass is 9.71. The Morgan fingerprint density at radius 3 is 3.12 bits per heavy atom. The normalized spacial score (nSPS) is 28.4. The Hall–Kier alpha value is -1.99. The topological polar surface area (TPSA) is 89.3 Å². The second kappa shape index (κ2) is 6.07. The van der Waals surface area contributed by atoms with Gasteiger partial charge < -0.3 is 15.2 Å². The minimum Gasteiger partial charge on any atom is -0.396 e. The number of amides is 1. The average molecular weight is 344 g/mol. The van der Waals surface area contributed by atoms with Gasteiger partial charge in [-0.15, -0.1) is 5.10 Å². The fraction of sp³-hybridized carbons (Fsp3) is 0.611. The molecule has 1 amide bonds. The molecule has 1 aromatic heterocycles. The molecule has 25 heavy (non-hydrogen) atoms. The van der Waals surface area contributed by atoms with Crippen molar-refractivity contribution in [1.82, 2.24) is 20.3 Å². The van der Waals surface area contributed by atoms with Crippen LogP contribution in [0.5, 0.6) is 0 Å². The van der Waals surface area contributed by atoms with Crippen molar-refractivity contribution >= 4 is 16.9 Å². The second-order valence-electron chi connectivity index (χ2n) is 7.45. The molecule has 1 saturated heterocycles. The lowest BCUT2D eigenvalue weighted by Crippen LogP contribution is -2.45. The molecule has 0 spiro atoms. The van der Waals surface area contributed by atoms with Crippen LogP contribution in [0, 0.1) is 5.41 Å². The summed E-state index contributed by atoms with van der Waals surface area (Å²) in [5.41, 5.74) is 1.79. The van der Waals surface area contributed by atoms with E-state index in [1.807, 2.05) is 13.0 Å². The van der Waals surface area contributed by atoms with Crippen LogP contribution in [-0.2, 0) is 11.3 Å². The lowest BCUT2D eigenvalue weighted by molar-refractivity contribution is -0.000331. The summed E-state index contributed by atoms with van der Waals surface area (Å²) >= 11 is 0. The van der Waals surface area contributed by atoms with Gasteiger partial charge in [-0.1, -0.05) is 5.21 Å². The molecule has 2 N–H and O–H groups in total. The Balaban J connectivity index is 1.46. The summed E-state index contributed by atoms with van der Waals surface area (Å²) in [6.07, 6.45) is 3.78. The van der Waals surface area contributed by atoms with E-state index in [2.05, 4.69) is 15.6 Å². The van der Waals surface area contributed by atoms with E-state index in [1.54, 1.807) is 16.8 Å².